The molecule has 3 N–H and O–H groups in total. The molecule has 0 spiro atoms. The van der Waals surface area contributed by atoms with Crippen LogP contribution >= 0.6 is 0 Å². The molecule has 0 radical (unpaired) electrons. The SMILES string of the molecule is O=C(Nc1cccc(Oc2ccccc2)c1)NC1c2ccccc2CC1O. The van der Waals surface area contributed by atoms with Crippen molar-refractivity contribution in [3.05, 3.63) is 90.0 Å². The molecule has 0 saturated carbocycles. The molecule has 0 bridgehead atoms. The first-order valence-electron chi connectivity index (χ1n) is 8.85. The summed E-state index contributed by atoms with van der Waals surface area (Å²) < 4.78 is 5.79. The zero-order chi connectivity index (χ0) is 18.6. The normalized spacial score (nSPS) is 17.8. The van der Waals surface area contributed by atoms with Crippen LogP contribution in [0.25, 0.3) is 0 Å². The largest absolute Gasteiger partial charge is 0.457 e. The van der Waals surface area contributed by atoms with Crippen molar-refractivity contribution in [3.8, 4) is 11.5 Å². The second-order valence-electron chi connectivity index (χ2n) is 6.49. The number of nitrogens with one attached hydrogen (secondary N) is 2. The third-order valence-corrected chi connectivity index (χ3v) is 4.56. The van der Waals surface area contributed by atoms with Gasteiger partial charge in [-0.25, -0.2) is 4.79 Å². The molecule has 0 saturated heterocycles. The maximum Gasteiger partial charge on any atom is 0.319 e. The van der Waals surface area contributed by atoms with E-state index in [1.54, 1.807) is 12.1 Å². The van der Waals surface area contributed by atoms with Crippen LogP contribution in [0, 0.1) is 0 Å². The number of ether oxygens (including phenoxy) is 1. The van der Waals surface area contributed by atoms with Crippen LogP contribution in [-0.2, 0) is 6.42 Å². The third-order valence-electron chi connectivity index (χ3n) is 4.56. The van der Waals surface area contributed by atoms with Crippen LogP contribution < -0.4 is 15.4 Å². The number of carbonyl (C=O) groups is 1. The van der Waals surface area contributed by atoms with Gasteiger partial charge in [0.25, 0.3) is 0 Å². The minimum absolute atomic E-state index is 0.368. The highest BCUT2D eigenvalue weighted by atomic mass is 16.5. The first-order valence-corrected chi connectivity index (χ1v) is 8.85. The quantitative estimate of drug-likeness (QED) is 0.651. The highest BCUT2D eigenvalue weighted by Crippen LogP contribution is 2.31. The van der Waals surface area contributed by atoms with Crippen LogP contribution in [0.15, 0.2) is 78.9 Å². The summed E-state index contributed by atoms with van der Waals surface area (Å²) in [6.07, 6.45) is -0.0810. The summed E-state index contributed by atoms with van der Waals surface area (Å²) in [7, 11) is 0. The fourth-order valence-corrected chi connectivity index (χ4v) is 3.32. The van der Waals surface area contributed by atoms with Gasteiger partial charge in [-0.15, -0.1) is 0 Å². The Labute approximate surface area is 157 Å². The van der Waals surface area contributed by atoms with Crippen molar-refractivity contribution in [2.24, 2.45) is 0 Å². The second kappa shape index (κ2) is 7.51. The highest BCUT2D eigenvalue weighted by Gasteiger charge is 2.31. The number of carbonyl (C=O) groups excluding carboxylic acids is 1. The van der Waals surface area contributed by atoms with Crippen molar-refractivity contribution >= 4 is 11.7 Å². The Morgan fingerprint density at radius 1 is 0.926 bits per heavy atom. The Balaban J connectivity index is 1.42. The molecule has 0 aromatic heterocycles. The summed E-state index contributed by atoms with van der Waals surface area (Å²) >= 11 is 0. The van der Waals surface area contributed by atoms with E-state index in [0.717, 1.165) is 16.9 Å². The average molecular weight is 360 g/mol. The average Bonchev–Trinajstić information content (AvgIpc) is 2.98. The van der Waals surface area contributed by atoms with Crippen molar-refractivity contribution in [2.75, 3.05) is 5.32 Å². The summed E-state index contributed by atoms with van der Waals surface area (Å²) in [4.78, 5) is 12.4. The maximum atomic E-state index is 12.4. The molecule has 2 amide bonds. The molecule has 27 heavy (non-hydrogen) atoms. The number of urea groups is 1. The van der Waals surface area contributed by atoms with E-state index in [0.29, 0.717) is 17.9 Å². The molecule has 1 aliphatic rings. The van der Waals surface area contributed by atoms with Gasteiger partial charge in [-0.3, -0.25) is 0 Å². The molecule has 0 heterocycles. The molecule has 2 unspecified atom stereocenters. The number of aliphatic hydroxyl groups is 1. The lowest BCUT2D eigenvalue weighted by Crippen LogP contribution is -2.36. The smallest absolute Gasteiger partial charge is 0.319 e. The van der Waals surface area contributed by atoms with E-state index < -0.39 is 12.1 Å². The number of benzene rings is 3. The van der Waals surface area contributed by atoms with Gasteiger partial charge in [0.05, 0.1) is 12.1 Å². The minimum Gasteiger partial charge on any atom is -0.457 e. The molecule has 0 aliphatic heterocycles. The molecule has 0 fully saturated rings. The van der Waals surface area contributed by atoms with Gasteiger partial charge in [0, 0.05) is 18.2 Å². The summed E-state index contributed by atoms with van der Waals surface area (Å²) in [6, 6.07) is 23.6. The molecule has 5 nitrogen and oxygen atoms in total. The first-order chi connectivity index (χ1) is 13.2. The number of para-hydroxylation sites is 1. The number of amides is 2. The zero-order valence-electron chi connectivity index (χ0n) is 14.6. The van der Waals surface area contributed by atoms with Crippen LogP contribution in [0.4, 0.5) is 10.5 Å². The molecule has 4 rings (SSSR count). The predicted molar refractivity (Wildman–Crippen MR) is 104 cm³/mol. The maximum absolute atomic E-state index is 12.4. The first kappa shape index (κ1) is 17.1. The molecular weight excluding hydrogens is 340 g/mol. The number of aliphatic hydroxyl groups excluding tert-OH is 1. The van der Waals surface area contributed by atoms with Crippen LogP contribution in [0.5, 0.6) is 11.5 Å². The van der Waals surface area contributed by atoms with Crippen molar-refractivity contribution < 1.29 is 14.6 Å². The van der Waals surface area contributed by atoms with Gasteiger partial charge in [0.1, 0.15) is 11.5 Å². The summed E-state index contributed by atoms with van der Waals surface area (Å²) in [6.45, 7) is 0. The Hall–Kier alpha value is -3.31. The number of anilines is 1. The van der Waals surface area contributed by atoms with E-state index in [9.17, 15) is 9.90 Å². The van der Waals surface area contributed by atoms with E-state index in [4.69, 9.17) is 4.74 Å². The van der Waals surface area contributed by atoms with E-state index in [1.165, 1.54) is 0 Å². The minimum atomic E-state index is -0.624. The lowest BCUT2D eigenvalue weighted by molar-refractivity contribution is 0.144. The Morgan fingerprint density at radius 3 is 2.52 bits per heavy atom. The van der Waals surface area contributed by atoms with Crippen LogP contribution in [0.2, 0.25) is 0 Å². The standard InChI is InChI=1S/C22H20N2O3/c25-20-13-15-7-4-5-12-19(15)21(20)24-22(26)23-16-8-6-11-18(14-16)27-17-9-2-1-3-10-17/h1-12,14,20-21,25H,13H2,(H2,23,24,26). The lowest BCUT2D eigenvalue weighted by atomic mass is 10.1. The van der Waals surface area contributed by atoms with Crippen molar-refractivity contribution in [3.63, 3.8) is 0 Å². The van der Waals surface area contributed by atoms with Gasteiger partial charge in [-0.1, -0.05) is 48.5 Å². The second-order valence-corrected chi connectivity index (χ2v) is 6.49. The summed E-state index contributed by atoms with van der Waals surface area (Å²) in [5, 5.41) is 15.9. The third kappa shape index (κ3) is 3.93. The number of fused-ring (bicyclic) bond motifs is 1. The molecule has 1 aliphatic carbocycles. The van der Waals surface area contributed by atoms with Gasteiger partial charge < -0.3 is 20.5 Å². The highest BCUT2D eigenvalue weighted by molar-refractivity contribution is 5.89. The molecular formula is C22H20N2O3. The molecule has 2 atom stereocenters. The molecule has 136 valence electrons. The van der Waals surface area contributed by atoms with Gasteiger partial charge in [-0.05, 0) is 35.4 Å². The molecule has 5 heteroatoms. The zero-order valence-corrected chi connectivity index (χ0v) is 14.6. The predicted octanol–water partition coefficient (Wildman–Crippen LogP) is 4.26. The van der Waals surface area contributed by atoms with E-state index >= 15 is 0 Å². The van der Waals surface area contributed by atoms with E-state index in [1.807, 2.05) is 66.7 Å². The Morgan fingerprint density at radius 2 is 1.67 bits per heavy atom. The monoisotopic (exact) mass is 360 g/mol. The van der Waals surface area contributed by atoms with Gasteiger partial charge in [-0.2, -0.15) is 0 Å². The number of hydrogen-bond acceptors (Lipinski definition) is 3. The molecule has 3 aromatic rings. The summed E-state index contributed by atoms with van der Waals surface area (Å²) in [5.74, 6) is 1.36. The van der Waals surface area contributed by atoms with Gasteiger partial charge in [0.15, 0.2) is 0 Å². The van der Waals surface area contributed by atoms with E-state index in [-0.39, 0.29) is 6.03 Å². The van der Waals surface area contributed by atoms with Crippen LogP contribution in [-0.4, -0.2) is 17.2 Å². The van der Waals surface area contributed by atoms with Crippen molar-refractivity contribution in [2.45, 2.75) is 18.6 Å². The van der Waals surface area contributed by atoms with Crippen LogP contribution in [0.1, 0.15) is 17.2 Å². The van der Waals surface area contributed by atoms with Gasteiger partial charge in [0.2, 0.25) is 0 Å². The lowest BCUT2D eigenvalue weighted by Gasteiger charge is -2.18. The molecule has 3 aromatic carbocycles. The summed E-state index contributed by atoms with van der Waals surface area (Å²) in [5.41, 5.74) is 2.64. The van der Waals surface area contributed by atoms with Crippen molar-refractivity contribution in [1.82, 2.24) is 5.32 Å². The Kier molecular flexibility index (Phi) is 4.77. The van der Waals surface area contributed by atoms with Crippen LogP contribution in [0.3, 0.4) is 0 Å². The Bertz CT molecular complexity index is 943. The van der Waals surface area contributed by atoms with E-state index in [2.05, 4.69) is 10.6 Å². The fourth-order valence-electron chi connectivity index (χ4n) is 3.32. The number of hydrogen-bond donors (Lipinski definition) is 3. The van der Waals surface area contributed by atoms with Crippen molar-refractivity contribution in [1.29, 1.82) is 0 Å². The fraction of sp³-hybridized carbons (Fsp3) is 0.136. The van der Waals surface area contributed by atoms with Gasteiger partial charge >= 0.3 is 6.03 Å². The topological polar surface area (TPSA) is 70.6 Å². The number of rotatable bonds is 4.